The molecule has 0 fully saturated rings. The molecule has 9 aromatic carbocycles. The molecule has 1 atom stereocenters. The molecule has 12 aromatic rings. The van der Waals surface area contributed by atoms with E-state index in [4.69, 9.17) is 0 Å². The zero-order valence-electron chi connectivity index (χ0n) is 35.2. The summed E-state index contributed by atoms with van der Waals surface area (Å²) in [5, 5.41) is 10.5. The molecule has 2 heteroatoms. The van der Waals surface area contributed by atoms with Crippen LogP contribution in [0.1, 0.15) is 39.8 Å². The Morgan fingerprint density at radius 1 is 0.429 bits per heavy atom. The Hall–Kier alpha value is -7.68. The second-order valence-corrected chi connectivity index (χ2v) is 18.0. The van der Waals surface area contributed by atoms with E-state index in [0.717, 1.165) is 6.42 Å². The van der Waals surface area contributed by atoms with Crippen LogP contribution in [0.4, 0.5) is 0 Å². The largest absolute Gasteiger partial charge is 0.313 e. The van der Waals surface area contributed by atoms with Crippen molar-refractivity contribution < 1.29 is 0 Å². The molecular formula is C61H42N2. The molecule has 1 spiro atoms. The zero-order valence-corrected chi connectivity index (χ0v) is 35.2. The molecule has 3 aliphatic carbocycles. The van der Waals surface area contributed by atoms with Crippen LogP contribution in [-0.2, 0) is 5.41 Å². The van der Waals surface area contributed by atoms with Crippen molar-refractivity contribution in [3.8, 4) is 11.1 Å². The van der Waals surface area contributed by atoms with Gasteiger partial charge >= 0.3 is 0 Å². The van der Waals surface area contributed by atoms with Gasteiger partial charge in [0.05, 0.1) is 33.0 Å². The minimum atomic E-state index is -0.247. The molecule has 0 amide bonds. The number of hydrogen-bond donors (Lipinski definition) is 0. The van der Waals surface area contributed by atoms with E-state index < -0.39 is 0 Å². The molecule has 0 radical (unpaired) electrons. The first-order valence-electron chi connectivity index (χ1n) is 22.4. The fraction of sp³-hybridized carbons (Fsp3) is 0.0820. The lowest BCUT2D eigenvalue weighted by Gasteiger charge is -2.37. The van der Waals surface area contributed by atoms with Crippen molar-refractivity contribution in [3.63, 3.8) is 0 Å². The van der Waals surface area contributed by atoms with E-state index in [1.54, 1.807) is 0 Å². The second kappa shape index (κ2) is 12.7. The van der Waals surface area contributed by atoms with Gasteiger partial charge in [-0.15, -0.1) is 0 Å². The standard InChI is InChI=1S/C53H32N2.C8H10/c1-6-19-43-33(12-1)34-13-2-7-20-44(34)53(43)45-21-8-3-14-35(45)36-26-25-32(29-46(36)53)54-48-23-10-5-16-40(48)51-41-30-42-39-18-11-17-38-37-15-4-9-22-47(37)55(52(38)39)50(42)28-31(41)24-27-49(51)54;1-7-5-3-4-6-8(7)2/h1-28,30,46H,29H2;3-6H,1-2H3. The normalized spacial score (nSPS) is 15.9. The molecule has 2 nitrogen and oxygen atoms in total. The van der Waals surface area contributed by atoms with Crippen LogP contribution in [0.3, 0.4) is 0 Å². The third kappa shape index (κ3) is 4.47. The van der Waals surface area contributed by atoms with E-state index in [1.165, 1.54) is 126 Å². The molecule has 0 saturated heterocycles. The van der Waals surface area contributed by atoms with Gasteiger partial charge in [-0.05, 0) is 118 Å². The Morgan fingerprint density at radius 2 is 1.00 bits per heavy atom. The second-order valence-electron chi connectivity index (χ2n) is 18.0. The smallest absolute Gasteiger partial charge is 0.0620 e. The summed E-state index contributed by atoms with van der Waals surface area (Å²) in [6.07, 6.45) is 5.81. The Kier molecular flexibility index (Phi) is 7.04. The summed E-state index contributed by atoms with van der Waals surface area (Å²) in [4.78, 5) is 0. The van der Waals surface area contributed by atoms with Crippen molar-refractivity contribution in [2.75, 3.05) is 0 Å². The quantitative estimate of drug-likeness (QED) is 0.156. The highest BCUT2D eigenvalue weighted by atomic mass is 15.0. The van der Waals surface area contributed by atoms with Crippen LogP contribution < -0.4 is 0 Å². The number of allylic oxidation sites excluding steroid dienone is 4. The number of rotatable bonds is 1. The minimum absolute atomic E-state index is 0.247. The summed E-state index contributed by atoms with van der Waals surface area (Å²) in [6.45, 7) is 4.24. The monoisotopic (exact) mass is 802 g/mol. The Bertz CT molecular complexity index is 3910. The summed E-state index contributed by atoms with van der Waals surface area (Å²) in [6, 6.07) is 70.3. The number of benzene rings is 9. The van der Waals surface area contributed by atoms with Gasteiger partial charge in [-0.25, -0.2) is 0 Å². The van der Waals surface area contributed by atoms with E-state index in [-0.39, 0.29) is 11.3 Å². The van der Waals surface area contributed by atoms with Gasteiger partial charge in [0.2, 0.25) is 0 Å². The maximum atomic E-state index is 2.59. The van der Waals surface area contributed by atoms with E-state index in [1.807, 2.05) is 0 Å². The van der Waals surface area contributed by atoms with Gasteiger partial charge in [-0.3, -0.25) is 0 Å². The molecule has 63 heavy (non-hydrogen) atoms. The molecule has 296 valence electrons. The first-order valence-corrected chi connectivity index (χ1v) is 22.4. The summed E-state index contributed by atoms with van der Waals surface area (Å²) in [5.41, 5.74) is 20.2. The SMILES string of the molecule is C1=C2c3ccccc3C3(c4ccccc4-c4ccccc43)C2CC(n2c3ccccc3c3c4cc5c6cccc7c8ccccc8n(c5cc4ccc32)c76)=C1.Cc1ccccc1C. The lowest BCUT2D eigenvalue weighted by Crippen LogP contribution is -2.33. The molecular weight excluding hydrogens is 761 g/mol. The third-order valence-electron chi connectivity index (χ3n) is 15.1. The number of nitrogens with zero attached hydrogens (tertiary/aromatic N) is 2. The van der Waals surface area contributed by atoms with Gasteiger partial charge in [-0.1, -0.05) is 164 Å². The van der Waals surface area contributed by atoms with Crippen LogP contribution in [0.5, 0.6) is 0 Å². The fourth-order valence-corrected chi connectivity index (χ4v) is 12.4. The molecule has 0 bridgehead atoms. The van der Waals surface area contributed by atoms with E-state index in [9.17, 15) is 0 Å². The van der Waals surface area contributed by atoms with Crippen LogP contribution in [0.25, 0.3) is 93.1 Å². The van der Waals surface area contributed by atoms with Crippen molar-refractivity contribution in [2.45, 2.75) is 25.7 Å². The predicted molar refractivity (Wildman–Crippen MR) is 266 cm³/mol. The molecule has 0 saturated carbocycles. The summed E-state index contributed by atoms with van der Waals surface area (Å²) in [5.74, 6) is 0.264. The van der Waals surface area contributed by atoms with Gasteiger partial charge < -0.3 is 8.97 Å². The number of aromatic nitrogens is 2. The molecule has 3 aliphatic rings. The molecule has 3 heterocycles. The van der Waals surface area contributed by atoms with Gasteiger partial charge in [0, 0.05) is 43.9 Å². The van der Waals surface area contributed by atoms with Crippen LogP contribution in [0, 0.1) is 19.8 Å². The third-order valence-corrected chi connectivity index (χ3v) is 15.1. The van der Waals surface area contributed by atoms with E-state index in [0.29, 0.717) is 0 Å². The highest BCUT2D eigenvalue weighted by molar-refractivity contribution is 6.28. The van der Waals surface area contributed by atoms with Gasteiger partial charge in [0.25, 0.3) is 0 Å². The fourth-order valence-electron chi connectivity index (χ4n) is 12.4. The lowest BCUT2D eigenvalue weighted by molar-refractivity contribution is 0.495. The predicted octanol–water partition coefficient (Wildman–Crippen LogP) is 15.7. The van der Waals surface area contributed by atoms with Gasteiger partial charge in [-0.2, -0.15) is 0 Å². The van der Waals surface area contributed by atoms with Crippen molar-refractivity contribution in [1.82, 2.24) is 8.97 Å². The minimum Gasteiger partial charge on any atom is -0.313 e. The average Bonchev–Trinajstić information content (AvgIpc) is 4.11. The Balaban J connectivity index is 0.000000438. The number of para-hydroxylation sites is 3. The Morgan fingerprint density at radius 3 is 1.71 bits per heavy atom. The van der Waals surface area contributed by atoms with Gasteiger partial charge in [0.1, 0.15) is 0 Å². The topological polar surface area (TPSA) is 9.34 Å². The zero-order chi connectivity index (χ0) is 41.6. The number of aryl methyl sites for hydroxylation is 2. The first-order chi connectivity index (χ1) is 31.1. The lowest BCUT2D eigenvalue weighted by atomic mass is 9.65. The summed E-state index contributed by atoms with van der Waals surface area (Å²) >= 11 is 0. The van der Waals surface area contributed by atoms with Crippen LogP contribution in [0.2, 0.25) is 0 Å². The van der Waals surface area contributed by atoms with Crippen molar-refractivity contribution in [3.05, 3.63) is 234 Å². The van der Waals surface area contributed by atoms with Crippen molar-refractivity contribution >= 4 is 81.9 Å². The molecule has 1 unspecified atom stereocenters. The maximum absolute atomic E-state index is 2.59. The first kappa shape index (κ1) is 35.0. The molecule has 0 aliphatic heterocycles. The Labute approximate surface area is 365 Å². The maximum Gasteiger partial charge on any atom is 0.0620 e. The number of hydrogen-bond acceptors (Lipinski definition) is 0. The average molecular weight is 803 g/mol. The molecule has 3 aromatic heterocycles. The van der Waals surface area contributed by atoms with Crippen LogP contribution in [-0.4, -0.2) is 8.97 Å². The van der Waals surface area contributed by atoms with Crippen molar-refractivity contribution in [1.29, 1.82) is 0 Å². The van der Waals surface area contributed by atoms with E-state index >= 15 is 0 Å². The van der Waals surface area contributed by atoms with Crippen LogP contribution in [0.15, 0.2) is 200 Å². The van der Waals surface area contributed by atoms with Crippen molar-refractivity contribution in [2.24, 2.45) is 5.92 Å². The highest BCUT2D eigenvalue weighted by Gasteiger charge is 2.56. The van der Waals surface area contributed by atoms with E-state index in [2.05, 4.69) is 223 Å². The molecule has 15 rings (SSSR count). The summed E-state index contributed by atoms with van der Waals surface area (Å²) in [7, 11) is 0. The van der Waals surface area contributed by atoms with Gasteiger partial charge in [0.15, 0.2) is 0 Å². The summed E-state index contributed by atoms with van der Waals surface area (Å²) < 4.78 is 5.08. The number of fused-ring (bicyclic) bond motifs is 21. The highest BCUT2D eigenvalue weighted by Crippen LogP contribution is 2.66. The molecule has 0 N–H and O–H groups in total. The van der Waals surface area contributed by atoms with Crippen LogP contribution >= 0.6 is 0 Å².